The van der Waals surface area contributed by atoms with Gasteiger partial charge in [0, 0.05) is 10.5 Å². The molecule has 0 saturated carbocycles. The highest BCUT2D eigenvalue weighted by molar-refractivity contribution is 9.10. The van der Waals surface area contributed by atoms with Crippen LogP contribution in [0, 0.1) is 0 Å². The van der Waals surface area contributed by atoms with Crippen molar-refractivity contribution in [2.45, 2.75) is 6.54 Å². The van der Waals surface area contributed by atoms with Crippen LogP contribution in [0.25, 0.3) is 11.8 Å². The van der Waals surface area contributed by atoms with Gasteiger partial charge in [0.15, 0.2) is 5.82 Å². The highest BCUT2D eigenvalue weighted by Crippen LogP contribution is 2.15. The van der Waals surface area contributed by atoms with Gasteiger partial charge in [-0.05, 0) is 40.3 Å². The fourth-order valence-electron chi connectivity index (χ4n) is 2.09. The first-order valence-electron chi connectivity index (χ1n) is 7.26. The molecule has 0 bridgehead atoms. The maximum atomic E-state index is 11.9. The third kappa shape index (κ3) is 4.14. The van der Waals surface area contributed by atoms with Gasteiger partial charge in [-0.3, -0.25) is 4.79 Å². The molecule has 0 fully saturated rings. The van der Waals surface area contributed by atoms with Crippen LogP contribution in [0.3, 0.4) is 0 Å². The molecule has 120 valence electrons. The van der Waals surface area contributed by atoms with Crippen LogP contribution in [-0.2, 0) is 11.3 Å². The number of carbonyl (C=O) groups is 1. The zero-order valence-corrected chi connectivity index (χ0v) is 14.2. The number of nitrogens with zero attached hydrogens (tertiary/aromatic N) is 4. The fraction of sp³-hybridized carbons (Fsp3) is 0.0588. The second-order valence-corrected chi connectivity index (χ2v) is 5.86. The average Bonchev–Trinajstić information content (AvgIpc) is 3.08. The first kappa shape index (κ1) is 16.1. The van der Waals surface area contributed by atoms with E-state index >= 15 is 0 Å². The summed E-state index contributed by atoms with van der Waals surface area (Å²) >= 11 is 3.42. The van der Waals surface area contributed by atoms with E-state index in [1.54, 1.807) is 10.8 Å². The third-order valence-corrected chi connectivity index (χ3v) is 3.73. The van der Waals surface area contributed by atoms with E-state index in [4.69, 9.17) is 0 Å². The van der Waals surface area contributed by atoms with Gasteiger partial charge in [0.2, 0.25) is 5.91 Å². The Morgan fingerprint density at radius 2 is 2.00 bits per heavy atom. The van der Waals surface area contributed by atoms with E-state index in [0.717, 1.165) is 15.7 Å². The van der Waals surface area contributed by atoms with Gasteiger partial charge in [0.05, 0.1) is 12.2 Å². The minimum absolute atomic E-state index is 0.206. The van der Waals surface area contributed by atoms with E-state index in [0.29, 0.717) is 5.82 Å². The van der Waals surface area contributed by atoms with Crippen molar-refractivity contribution >= 4 is 27.9 Å². The van der Waals surface area contributed by atoms with Crippen LogP contribution in [0.5, 0.6) is 0 Å². The first-order valence-corrected chi connectivity index (χ1v) is 8.06. The molecule has 6 nitrogen and oxygen atoms in total. The molecule has 0 aliphatic heterocycles. The number of tetrazole rings is 1. The third-order valence-electron chi connectivity index (χ3n) is 3.23. The summed E-state index contributed by atoms with van der Waals surface area (Å²) in [6.45, 7) is 0.234. The number of hydrogen-bond acceptors (Lipinski definition) is 4. The van der Waals surface area contributed by atoms with Gasteiger partial charge in [0.25, 0.3) is 0 Å². The van der Waals surface area contributed by atoms with Crippen molar-refractivity contribution in [2.75, 3.05) is 0 Å². The number of benzene rings is 2. The lowest BCUT2D eigenvalue weighted by molar-refractivity contribution is -0.116. The van der Waals surface area contributed by atoms with Gasteiger partial charge in [-0.2, -0.15) is 4.68 Å². The molecular weight excluding hydrogens is 370 g/mol. The second-order valence-electron chi connectivity index (χ2n) is 4.95. The lowest BCUT2D eigenvalue weighted by Gasteiger charge is -2.05. The van der Waals surface area contributed by atoms with Gasteiger partial charge in [-0.15, -0.1) is 5.10 Å². The van der Waals surface area contributed by atoms with Crippen LogP contribution < -0.4 is 5.32 Å². The highest BCUT2D eigenvalue weighted by Gasteiger charge is 2.09. The van der Waals surface area contributed by atoms with Crippen molar-refractivity contribution in [1.29, 1.82) is 0 Å². The summed E-state index contributed by atoms with van der Waals surface area (Å²) < 4.78 is 2.52. The number of hydrogen-bond donors (Lipinski definition) is 1. The average molecular weight is 384 g/mol. The summed E-state index contributed by atoms with van der Waals surface area (Å²) in [5, 5.41) is 14.4. The molecule has 2 aromatic carbocycles. The molecule has 0 aliphatic carbocycles. The number of halogens is 1. The van der Waals surface area contributed by atoms with E-state index in [2.05, 4.69) is 36.8 Å². The number of rotatable bonds is 5. The van der Waals surface area contributed by atoms with Gasteiger partial charge >= 0.3 is 0 Å². The predicted octanol–water partition coefficient (Wildman–Crippen LogP) is 2.75. The van der Waals surface area contributed by atoms with E-state index in [1.807, 2.05) is 54.6 Å². The Hall–Kier alpha value is -2.80. The van der Waals surface area contributed by atoms with Crippen LogP contribution in [0.2, 0.25) is 0 Å². The quantitative estimate of drug-likeness (QED) is 0.687. The van der Waals surface area contributed by atoms with E-state index in [1.165, 1.54) is 6.08 Å². The molecular formula is C17H14BrN5O. The molecule has 0 atom stereocenters. The van der Waals surface area contributed by atoms with E-state index in [-0.39, 0.29) is 12.5 Å². The Kier molecular flexibility index (Phi) is 5.12. The van der Waals surface area contributed by atoms with Gasteiger partial charge in [0.1, 0.15) is 0 Å². The molecule has 3 rings (SSSR count). The molecule has 0 unspecified atom stereocenters. The monoisotopic (exact) mass is 383 g/mol. The highest BCUT2D eigenvalue weighted by atomic mass is 79.9. The van der Waals surface area contributed by atoms with Crippen molar-refractivity contribution in [2.24, 2.45) is 0 Å². The predicted molar refractivity (Wildman–Crippen MR) is 94.2 cm³/mol. The Labute approximate surface area is 147 Å². The largest absolute Gasteiger partial charge is 0.345 e. The summed E-state index contributed by atoms with van der Waals surface area (Å²) in [6.07, 6.45) is 3.25. The van der Waals surface area contributed by atoms with E-state index < -0.39 is 0 Å². The van der Waals surface area contributed by atoms with Crippen LogP contribution in [0.15, 0.2) is 65.1 Å². The molecule has 0 saturated heterocycles. The van der Waals surface area contributed by atoms with E-state index in [9.17, 15) is 4.79 Å². The maximum Gasteiger partial charge on any atom is 0.244 e. The minimum Gasteiger partial charge on any atom is -0.345 e. The lowest BCUT2D eigenvalue weighted by Crippen LogP contribution is -2.22. The smallest absolute Gasteiger partial charge is 0.244 e. The number of aromatic nitrogens is 4. The van der Waals surface area contributed by atoms with Gasteiger partial charge in [-0.1, -0.05) is 52.3 Å². The SMILES string of the molecule is O=C(/C=C/c1ccccc1)NCc1nnnn1-c1cccc(Br)c1. The molecule has 1 heterocycles. The van der Waals surface area contributed by atoms with Crippen molar-refractivity contribution in [3.63, 3.8) is 0 Å². The van der Waals surface area contributed by atoms with Crippen LogP contribution in [0.4, 0.5) is 0 Å². The lowest BCUT2D eigenvalue weighted by atomic mass is 10.2. The molecule has 7 heteroatoms. The number of carbonyl (C=O) groups excluding carboxylic acids is 1. The molecule has 0 aliphatic rings. The van der Waals surface area contributed by atoms with Gasteiger partial charge < -0.3 is 5.32 Å². The van der Waals surface area contributed by atoms with Crippen molar-refractivity contribution in [3.05, 3.63) is 76.5 Å². The molecule has 0 radical (unpaired) electrons. The summed E-state index contributed by atoms with van der Waals surface area (Å²) in [5.41, 5.74) is 1.78. The molecule has 1 N–H and O–H groups in total. The number of amides is 1. The molecule has 1 amide bonds. The van der Waals surface area contributed by atoms with Crippen LogP contribution >= 0.6 is 15.9 Å². The topological polar surface area (TPSA) is 72.7 Å². The standard InChI is InChI=1S/C17H14BrN5O/c18-14-7-4-8-15(11-14)23-16(20-21-22-23)12-19-17(24)10-9-13-5-2-1-3-6-13/h1-11H,12H2,(H,19,24)/b10-9+. The van der Waals surface area contributed by atoms with Crippen molar-refractivity contribution in [1.82, 2.24) is 25.5 Å². The molecule has 1 aromatic heterocycles. The molecule has 24 heavy (non-hydrogen) atoms. The van der Waals surface area contributed by atoms with Crippen LogP contribution in [-0.4, -0.2) is 26.1 Å². The second kappa shape index (κ2) is 7.65. The number of nitrogens with one attached hydrogen (secondary N) is 1. The molecule has 0 spiro atoms. The Balaban J connectivity index is 1.64. The maximum absolute atomic E-state index is 11.9. The minimum atomic E-state index is -0.206. The summed E-state index contributed by atoms with van der Waals surface area (Å²) in [5.74, 6) is 0.345. The Morgan fingerprint density at radius 1 is 1.17 bits per heavy atom. The van der Waals surface area contributed by atoms with Crippen molar-refractivity contribution in [3.8, 4) is 5.69 Å². The zero-order valence-electron chi connectivity index (χ0n) is 12.6. The van der Waals surface area contributed by atoms with Crippen molar-refractivity contribution < 1.29 is 4.79 Å². The first-order chi connectivity index (χ1) is 11.7. The summed E-state index contributed by atoms with van der Waals surface area (Å²) in [6, 6.07) is 17.2. The Bertz CT molecular complexity index is 860. The normalized spacial score (nSPS) is 10.9. The zero-order chi connectivity index (χ0) is 16.8. The summed E-state index contributed by atoms with van der Waals surface area (Å²) in [7, 11) is 0. The summed E-state index contributed by atoms with van der Waals surface area (Å²) in [4.78, 5) is 11.9. The molecule has 3 aromatic rings. The van der Waals surface area contributed by atoms with Crippen LogP contribution in [0.1, 0.15) is 11.4 Å². The van der Waals surface area contributed by atoms with Gasteiger partial charge in [-0.25, -0.2) is 0 Å². The Morgan fingerprint density at radius 3 is 2.79 bits per heavy atom. The fourth-order valence-corrected chi connectivity index (χ4v) is 2.47.